The average molecular weight is 387 g/mol. The van der Waals surface area contributed by atoms with E-state index in [-0.39, 0.29) is 18.1 Å². The molecule has 5 nitrogen and oxygen atoms in total. The van der Waals surface area contributed by atoms with E-state index in [1.54, 1.807) is 14.2 Å². The van der Waals surface area contributed by atoms with Crippen molar-refractivity contribution in [1.82, 2.24) is 10.2 Å². The number of nitrogens with zero attached hydrogens (tertiary/aromatic N) is 1. The van der Waals surface area contributed by atoms with Crippen molar-refractivity contribution in [2.75, 3.05) is 47.0 Å². The molecule has 0 radical (unpaired) electrons. The van der Waals surface area contributed by atoms with Crippen LogP contribution in [-0.4, -0.2) is 57.0 Å². The first-order chi connectivity index (χ1) is 10.9. The molecule has 2 rings (SSSR count). The highest BCUT2D eigenvalue weighted by Gasteiger charge is 2.37. The predicted octanol–water partition coefficient (Wildman–Crippen LogP) is 2.43. The molecule has 0 bridgehead atoms. The first-order valence-corrected chi connectivity index (χ1v) is 8.71. The van der Waals surface area contributed by atoms with Crippen molar-refractivity contribution in [2.45, 2.75) is 19.9 Å². The number of nitrogens with one attached hydrogen (secondary N) is 1. The van der Waals surface area contributed by atoms with E-state index in [1.165, 1.54) is 0 Å². The molecule has 0 unspecified atom stereocenters. The minimum atomic E-state index is -0.302. The first-order valence-electron chi connectivity index (χ1n) is 7.91. The monoisotopic (exact) mass is 386 g/mol. The zero-order valence-electron chi connectivity index (χ0n) is 14.4. The van der Waals surface area contributed by atoms with Crippen LogP contribution in [0.2, 0.25) is 0 Å². The van der Waals surface area contributed by atoms with Crippen molar-refractivity contribution < 1.29 is 14.6 Å². The van der Waals surface area contributed by atoms with Gasteiger partial charge in [0.1, 0.15) is 11.5 Å². The number of rotatable bonds is 6. The van der Waals surface area contributed by atoms with Gasteiger partial charge in [-0.3, -0.25) is 4.90 Å². The maximum atomic E-state index is 9.98. The topological polar surface area (TPSA) is 54.0 Å². The fourth-order valence-electron chi connectivity index (χ4n) is 3.24. The molecule has 0 amide bonds. The van der Waals surface area contributed by atoms with Gasteiger partial charge in [0.15, 0.2) is 0 Å². The Balaban J connectivity index is 2.53. The number of hydrogen-bond donors (Lipinski definition) is 2. The minimum absolute atomic E-state index is 0.0477. The molecule has 1 aliphatic rings. The summed E-state index contributed by atoms with van der Waals surface area (Å²) < 4.78 is 12.0. The van der Waals surface area contributed by atoms with Crippen molar-refractivity contribution in [3.05, 3.63) is 22.2 Å². The van der Waals surface area contributed by atoms with E-state index in [9.17, 15) is 5.11 Å². The van der Waals surface area contributed by atoms with Gasteiger partial charge in [-0.1, -0.05) is 13.8 Å². The van der Waals surface area contributed by atoms with E-state index in [4.69, 9.17) is 9.47 Å². The fourth-order valence-corrected chi connectivity index (χ4v) is 3.72. The molecule has 130 valence electrons. The second kappa shape index (κ2) is 7.83. The molecule has 1 heterocycles. The van der Waals surface area contributed by atoms with E-state index in [2.05, 4.69) is 40.0 Å². The highest BCUT2D eigenvalue weighted by Crippen LogP contribution is 2.45. The van der Waals surface area contributed by atoms with E-state index in [0.717, 1.165) is 47.7 Å². The Morgan fingerprint density at radius 3 is 2.35 bits per heavy atom. The second-order valence-corrected chi connectivity index (χ2v) is 7.42. The standard InChI is InChI=1S/C17H27BrN2O3/c1-17(2,11-21)16(20-7-5-19-6-8-20)12-9-15(23-4)13(18)10-14(12)22-3/h9-10,16,19,21H,5-8,11H2,1-4H3/t16-/m0/s1. The molecule has 1 atom stereocenters. The molecular weight excluding hydrogens is 360 g/mol. The summed E-state index contributed by atoms with van der Waals surface area (Å²) in [6.07, 6.45) is 0. The molecule has 0 aromatic heterocycles. The molecule has 0 saturated carbocycles. The summed E-state index contributed by atoms with van der Waals surface area (Å²) in [5.74, 6) is 1.58. The van der Waals surface area contributed by atoms with E-state index in [0.29, 0.717) is 0 Å². The normalized spacial score (nSPS) is 17.8. The molecule has 23 heavy (non-hydrogen) atoms. The van der Waals surface area contributed by atoms with Crippen LogP contribution >= 0.6 is 15.9 Å². The zero-order chi connectivity index (χ0) is 17.0. The van der Waals surface area contributed by atoms with Crippen LogP contribution in [0.1, 0.15) is 25.5 Å². The minimum Gasteiger partial charge on any atom is -0.496 e. The van der Waals surface area contributed by atoms with Crippen LogP contribution in [0.15, 0.2) is 16.6 Å². The number of aliphatic hydroxyl groups excluding tert-OH is 1. The summed E-state index contributed by atoms with van der Waals surface area (Å²) in [7, 11) is 3.34. The molecule has 6 heteroatoms. The van der Waals surface area contributed by atoms with Gasteiger partial charge < -0.3 is 19.9 Å². The van der Waals surface area contributed by atoms with Crippen LogP contribution in [0, 0.1) is 5.41 Å². The number of halogens is 1. The quantitative estimate of drug-likeness (QED) is 0.786. The maximum Gasteiger partial charge on any atom is 0.133 e. The van der Waals surface area contributed by atoms with Gasteiger partial charge in [-0.2, -0.15) is 0 Å². The van der Waals surface area contributed by atoms with Crippen LogP contribution in [0.25, 0.3) is 0 Å². The van der Waals surface area contributed by atoms with Gasteiger partial charge in [-0.25, -0.2) is 0 Å². The van der Waals surface area contributed by atoms with E-state index < -0.39 is 0 Å². The summed E-state index contributed by atoms with van der Waals surface area (Å²) in [6.45, 7) is 8.07. The number of aliphatic hydroxyl groups is 1. The maximum absolute atomic E-state index is 9.98. The lowest BCUT2D eigenvalue weighted by molar-refractivity contribution is 0.0291. The van der Waals surface area contributed by atoms with Crippen molar-refractivity contribution in [3.8, 4) is 11.5 Å². The Morgan fingerprint density at radius 2 is 1.83 bits per heavy atom. The molecule has 1 aliphatic heterocycles. The lowest BCUT2D eigenvalue weighted by Crippen LogP contribution is -2.49. The van der Waals surface area contributed by atoms with Crippen molar-refractivity contribution >= 4 is 15.9 Å². The molecule has 1 fully saturated rings. The van der Waals surface area contributed by atoms with Gasteiger partial charge in [0.05, 0.1) is 18.7 Å². The first kappa shape index (κ1) is 18.5. The smallest absolute Gasteiger partial charge is 0.133 e. The van der Waals surface area contributed by atoms with Crippen molar-refractivity contribution in [3.63, 3.8) is 0 Å². The Kier molecular flexibility index (Phi) is 6.31. The molecule has 1 aromatic carbocycles. The number of ether oxygens (including phenoxy) is 2. The largest absolute Gasteiger partial charge is 0.496 e. The van der Waals surface area contributed by atoms with Crippen LogP contribution in [0.4, 0.5) is 0 Å². The fraction of sp³-hybridized carbons (Fsp3) is 0.647. The third-order valence-electron chi connectivity index (χ3n) is 4.46. The molecule has 2 N–H and O–H groups in total. The predicted molar refractivity (Wildman–Crippen MR) is 95.3 cm³/mol. The highest BCUT2D eigenvalue weighted by atomic mass is 79.9. The van der Waals surface area contributed by atoms with Gasteiger partial charge in [0, 0.05) is 49.8 Å². The average Bonchev–Trinajstić information content (AvgIpc) is 2.56. The Morgan fingerprint density at radius 1 is 1.22 bits per heavy atom. The van der Waals surface area contributed by atoms with E-state index >= 15 is 0 Å². The Hall–Kier alpha value is -0.820. The summed E-state index contributed by atoms with van der Waals surface area (Å²) >= 11 is 3.52. The summed E-state index contributed by atoms with van der Waals surface area (Å²) in [6, 6.07) is 4.01. The summed E-state index contributed by atoms with van der Waals surface area (Å²) in [5.41, 5.74) is 0.747. The molecule has 0 aliphatic carbocycles. The van der Waals surface area contributed by atoms with Crippen LogP contribution in [0.5, 0.6) is 11.5 Å². The zero-order valence-corrected chi connectivity index (χ0v) is 15.9. The lowest BCUT2D eigenvalue weighted by Gasteiger charge is -2.44. The third kappa shape index (κ3) is 3.99. The van der Waals surface area contributed by atoms with E-state index in [1.807, 2.05) is 12.1 Å². The van der Waals surface area contributed by atoms with Crippen LogP contribution in [0.3, 0.4) is 0 Å². The number of piperazine rings is 1. The van der Waals surface area contributed by atoms with Gasteiger partial charge in [0.2, 0.25) is 0 Å². The van der Waals surface area contributed by atoms with Gasteiger partial charge in [-0.05, 0) is 28.1 Å². The second-order valence-electron chi connectivity index (χ2n) is 6.56. The van der Waals surface area contributed by atoms with Gasteiger partial charge in [0.25, 0.3) is 0 Å². The van der Waals surface area contributed by atoms with Gasteiger partial charge in [-0.15, -0.1) is 0 Å². The Bertz CT molecular complexity index is 531. The number of methoxy groups -OCH3 is 2. The molecule has 1 aromatic rings. The lowest BCUT2D eigenvalue weighted by atomic mass is 9.79. The molecule has 1 saturated heterocycles. The summed E-state index contributed by atoms with van der Waals surface area (Å²) in [4.78, 5) is 2.41. The van der Waals surface area contributed by atoms with Crippen molar-refractivity contribution in [1.29, 1.82) is 0 Å². The number of benzene rings is 1. The van der Waals surface area contributed by atoms with Crippen LogP contribution in [-0.2, 0) is 0 Å². The van der Waals surface area contributed by atoms with Crippen LogP contribution < -0.4 is 14.8 Å². The SMILES string of the molecule is COc1cc([C@H](N2CCNCC2)C(C)(C)CO)c(OC)cc1Br. The van der Waals surface area contributed by atoms with Crippen molar-refractivity contribution in [2.24, 2.45) is 5.41 Å². The molecular formula is C17H27BrN2O3. The summed E-state index contributed by atoms with van der Waals surface area (Å²) in [5, 5.41) is 13.4. The number of hydrogen-bond acceptors (Lipinski definition) is 5. The third-order valence-corrected chi connectivity index (χ3v) is 5.08. The highest BCUT2D eigenvalue weighted by molar-refractivity contribution is 9.10. The van der Waals surface area contributed by atoms with Gasteiger partial charge >= 0.3 is 0 Å². The molecule has 0 spiro atoms. The Labute approximate surface area is 147 Å².